The number of nitrogens with zero attached hydrogens (tertiary/aromatic N) is 2. The summed E-state index contributed by atoms with van der Waals surface area (Å²) in [5.74, 6) is -0.725. The van der Waals surface area contributed by atoms with Gasteiger partial charge in [-0.1, -0.05) is 5.16 Å². The molecule has 12 heavy (non-hydrogen) atoms. The van der Waals surface area contributed by atoms with Crippen LogP contribution in [0.15, 0.2) is 15.6 Å². The van der Waals surface area contributed by atoms with E-state index in [4.69, 9.17) is 0 Å². The first-order valence-electron chi connectivity index (χ1n) is 2.91. The first kappa shape index (κ1) is 8.16. The van der Waals surface area contributed by atoms with Crippen molar-refractivity contribution in [3.63, 3.8) is 0 Å². The van der Waals surface area contributed by atoms with Crippen LogP contribution in [0.25, 0.3) is 0 Å². The van der Waals surface area contributed by atoms with Gasteiger partial charge in [-0.25, -0.2) is 4.79 Å². The molecular weight excluding hydrogens is 164 g/mol. The predicted octanol–water partition coefficient (Wildman–Crippen LogP) is 0.159. The molecule has 62 valence electrons. The van der Waals surface area contributed by atoms with Gasteiger partial charge in [-0.15, -0.1) is 4.99 Å². The summed E-state index contributed by atoms with van der Waals surface area (Å²) in [7, 11) is 1.36. The Labute approximate surface area is 66.8 Å². The Bertz CT molecular complexity index is 337. The minimum Gasteiger partial charge on any atom is -0.467 e. The van der Waals surface area contributed by atoms with E-state index in [1.165, 1.54) is 13.2 Å². The van der Waals surface area contributed by atoms with Crippen LogP contribution in [0.1, 0.15) is 10.5 Å². The van der Waals surface area contributed by atoms with Crippen molar-refractivity contribution >= 4 is 12.0 Å². The lowest BCUT2D eigenvalue weighted by molar-refractivity contribution is 0.0994. The number of ether oxygens (including phenoxy) is 1. The number of aliphatic imine (C=N–C) groups is 1. The summed E-state index contributed by atoms with van der Waals surface area (Å²) < 4.78 is 9.10. The second kappa shape index (κ2) is 3.45. The molecule has 0 unspecified atom stereocenters. The summed E-state index contributed by atoms with van der Waals surface area (Å²) in [6.45, 7) is 0. The van der Waals surface area contributed by atoms with Crippen molar-refractivity contribution in [2.24, 2.45) is 4.99 Å². The van der Waals surface area contributed by atoms with Crippen molar-refractivity contribution in [3.8, 4) is 5.95 Å². The van der Waals surface area contributed by atoms with E-state index >= 15 is 0 Å². The molecule has 1 amide bonds. The van der Waals surface area contributed by atoms with Crippen molar-refractivity contribution in [1.29, 1.82) is 0 Å². The van der Waals surface area contributed by atoms with Gasteiger partial charge in [-0.3, -0.25) is 4.79 Å². The predicted molar refractivity (Wildman–Crippen MR) is 35.5 cm³/mol. The molecule has 1 aromatic rings. The Morgan fingerprint density at radius 1 is 1.83 bits per heavy atom. The van der Waals surface area contributed by atoms with Crippen LogP contribution in [0.2, 0.25) is 0 Å². The summed E-state index contributed by atoms with van der Waals surface area (Å²) in [6.07, 6.45) is 1.10. The molecule has 1 heterocycles. The Kier molecular flexibility index (Phi) is 2.35. The minimum absolute atomic E-state index is 0.0828. The Morgan fingerprint density at radius 3 is 3.08 bits per heavy atom. The largest absolute Gasteiger partial charge is 0.467 e. The molecule has 0 aliphatic heterocycles. The summed E-state index contributed by atoms with van der Waals surface area (Å²) in [6, 6.07) is 1.23. The van der Waals surface area contributed by atoms with Gasteiger partial charge in [0.25, 0.3) is 0 Å². The standard InChI is InChI=1S/C6H4N2O4/c1-11-5-2-4(8-12-5)6(10)7-3-9/h2H,1H3. The van der Waals surface area contributed by atoms with Gasteiger partial charge in [0.15, 0.2) is 5.69 Å². The fourth-order valence-corrected chi connectivity index (χ4v) is 0.554. The number of hydrogen-bond donors (Lipinski definition) is 0. The molecule has 1 aromatic heterocycles. The number of methoxy groups -OCH3 is 1. The molecule has 6 nitrogen and oxygen atoms in total. The Hall–Kier alpha value is -1.94. The zero-order valence-corrected chi connectivity index (χ0v) is 6.10. The summed E-state index contributed by atoms with van der Waals surface area (Å²) in [5, 5.41) is 3.28. The Morgan fingerprint density at radius 2 is 2.58 bits per heavy atom. The van der Waals surface area contributed by atoms with Crippen molar-refractivity contribution in [1.82, 2.24) is 5.16 Å². The average molecular weight is 168 g/mol. The number of hydrogen-bond acceptors (Lipinski definition) is 5. The van der Waals surface area contributed by atoms with E-state index in [0.29, 0.717) is 0 Å². The summed E-state index contributed by atoms with van der Waals surface area (Å²) in [5.41, 5.74) is -0.0878. The van der Waals surface area contributed by atoms with E-state index < -0.39 is 5.91 Å². The number of carbonyl (C=O) groups excluding carboxylic acids is 2. The topological polar surface area (TPSA) is 81.8 Å². The lowest BCUT2D eigenvalue weighted by atomic mass is 10.4. The van der Waals surface area contributed by atoms with Crippen LogP contribution in [0.3, 0.4) is 0 Å². The zero-order chi connectivity index (χ0) is 8.97. The van der Waals surface area contributed by atoms with Gasteiger partial charge < -0.3 is 9.26 Å². The lowest BCUT2D eigenvalue weighted by Gasteiger charge is -1.83. The first-order valence-corrected chi connectivity index (χ1v) is 2.91. The molecule has 0 spiro atoms. The van der Waals surface area contributed by atoms with E-state index in [1.54, 1.807) is 0 Å². The van der Waals surface area contributed by atoms with E-state index in [0.717, 1.165) is 6.08 Å². The fourth-order valence-electron chi connectivity index (χ4n) is 0.554. The molecule has 0 N–H and O–H groups in total. The molecule has 6 heteroatoms. The quantitative estimate of drug-likeness (QED) is 0.464. The monoisotopic (exact) mass is 168 g/mol. The highest BCUT2D eigenvalue weighted by Crippen LogP contribution is 2.11. The second-order valence-corrected chi connectivity index (χ2v) is 1.74. The van der Waals surface area contributed by atoms with Crippen LogP contribution >= 0.6 is 0 Å². The normalized spacial score (nSPS) is 8.75. The molecule has 0 aliphatic rings. The van der Waals surface area contributed by atoms with Crippen LogP contribution < -0.4 is 4.74 Å². The third-order valence-electron chi connectivity index (χ3n) is 1.06. The number of carbonyl (C=O) groups is 1. The number of amides is 1. The summed E-state index contributed by atoms with van der Waals surface area (Å²) in [4.78, 5) is 23.2. The van der Waals surface area contributed by atoms with Crippen molar-refractivity contribution in [3.05, 3.63) is 11.8 Å². The SMILES string of the molecule is COc1cc(C(=O)N=C=O)no1. The van der Waals surface area contributed by atoms with Crippen molar-refractivity contribution in [2.75, 3.05) is 7.11 Å². The maximum Gasteiger partial charge on any atom is 0.311 e. The van der Waals surface area contributed by atoms with Gasteiger partial charge in [0.05, 0.1) is 13.2 Å². The van der Waals surface area contributed by atoms with Gasteiger partial charge in [-0.05, 0) is 0 Å². The molecule has 0 saturated heterocycles. The second-order valence-electron chi connectivity index (χ2n) is 1.74. The maximum atomic E-state index is 10.8. The highest BCUT2D eigenvalue weighted by molar-refractivity contribution is 5.95. The molecule has 0 aliphatic carbocycles. The van der Waals surface area contributed by atoms with Gasteiger partial charge in [0.1, 0.15) is 0 Å². The Balaban J connectivity index is 2.88. The van der Waals surface area contributed by atoms with Crippen molar-refractivity contribution < 1.29 is 18.8 Å². The molecular formula is C6H4N2O4. The number of rotatable bonds is 2. The molecule has 0 bridgehead atoms. The van der Waals surface area contributed by atoms with Crippen LogP contribution in [0, 0.1) is 0 Å². The number of isocyanates is 1. The van der Waals surface area contributed by atoms with E-state index in [9.17, 15) is 9.59 Å². The zero-order valence-electron chi connectivity index (χ0n) is 6.10. The van der Waals surface area contributed by atoms with Crippen LogP contribution in [0.5, 0.6) is 5.95 Å². The van der Waals surface area contributed by atoms with E-state index in [-0.39, 0.29) is 11.6 Å². The first-order chi connectivity index (χ1) is 5.77. The molecule has 0 aromatic carbocycles. The maximum absolute atomic E-state index is 10.8. The third-order valence-corrected chi connectivity index (χ3v) is 1.06. The average Bonchev–Trinajstić information content (AvgIpc) is 2.52. The van der Waals surface area contributed by atoms with Crippen LogP contribution in [-0.4, -0.2) is 24.3 Å². The van der Waals surface area contributed by atoms with Crippen LogP contribution in [-0.2, 0) is 4.79 Å². The van der Waals surface area contributed by atoms with Gasteiger partial charge in [-0.2, -0.15) is 0 Å². The molecule has 1 rings (SSSR count). The highest BCUT2D eigenvalue weighted by Gasteiger charge is 2.11. The number of aromatic nitrogens is 1. The minimum atomic E-state index is -0.808. The molecule has 0 saturated carbocycles. The van der Waals surface area contributed by atoms with Gasteiger partial charge in [0.2, 0.25) is 6.08 Å². The van der Waals surface area contributed by atoms with Gasteiger partial charge in [0, 0.05) is 0 Å². The van der Waals surface area contributed by atoms with E-state index in [1.807, 2.05) is 0 Å². The van der Waals surface area contributed by atoms with Gasteiger partial charge >= 0.3 is 11.9 Å². The summed E-state index contributed by atoms with van der Waals surface area (Å²) >= 11 is 0. The third kappa shape index (κ3) is 1.56. The van der Waals surface area contributed by atoms with Crippen LogP contribution in [0.4, 0.5) is 0 Å². The van der Waals surface area contributed by atoms with Crippen molar-refractivity contribution in [2.45, 2.75) is 0 Å². The molecule has 0 atom stereocenters. The smallest absolute Gasteiger partial charge is 0.311 e. The molecule has 0 radical (unpaired) electrons. The fraction of sp³-hybridized carbons (Fsp3) is 0.167. The lowest BCUT2D eigenvalue weighted by Crippen LogP contribution is -1.93. The van der Waals surface area contributed by atoms with E-state index in [2.05, 4.69) is 19.4 Å². The highest BCUT2D eigenvalue weighted by atomic mass is 16.6. The molecule has 0 fully saturated rings.